The predicted molar refractivity (Wildman–Crippen MR) is 56.7 cm³/mol. The molecule has 0 aliphatic heterocycles. The fraction of sp³-hybridized carbons (Fsp3) is 0.250. The first-order chi connectivity index (χ1) is 6.38. The van der Waals surface area contributed by atoms with Crippen LogP contribution in [0.5, 0.6) is 0 Å². The lowest BCUT2D eigenvalue weighted by atomic mass is 9.87. The number of hydrogen-bond donors (Lipinski definition) is 4. The van der Waals surface area contributed by atoms with Gasteiger partial charge in [-0.2, -0.15) is 12.6 Å². The van der Waals surface area contributed by atoms with E-state index in [1.807, 2.05) is 0 Å². The summed E-state index contributed by atoms with van der Waals surface area (Å²) in [7, 11) is 0. The molecule has 6 heteroatoms. The minimum atomic E-state index is -1.70. The van der Waals surface area contributed by atoms with Crippen LogP contribution in [0.15, 0.2) is 23.1 Å². The Hall–Kier alpha value is -0.880. The molecule has 0 saturated carbocycles. The molecule has 1 rings (SSSR count). The Morgan fingerprint density at radius 3 is 2.43 bits per heavy atom. The van der Waals surface area contributed by atoms with Crippen molar-refractivity contribution in [3.05, 3.63) is 23.1 Å². The highest BCUT2D eigenvalue weighted by Gasteiger charge is 2.45. The van der Waals surface area contributed by atoms with Crippen LogP contribution in [0.4, 0.5) is 0 Å². The number of hydrogen-bond acceptors (Lipinski definition) is 4. The molecule has 0 fully saturated rings. The van der Waals surface area contributed by atoms with Crippen LogP contribution in [0, 0.1) is 5.92 Å². The van der Waals surface area contributed by atoms with Gasteiger partial charge in [-0.25, -0.2) is 0 Å². The monoisotopic (exact) mass is 232 g/mol. The van der Waals surface area contributed by atoms with E-state index in [2.05, 4.69) is 25.3 Å². The van der Waals surface area contributed by atoms with Gasteiger partial charge in [0.1, 0.15) is 10.7 Å². The van der Waals surface area contributed by atoms with Crippen molar-refractivity contribution in [3.8, 4) is 0 Å². The van der Waals surface area contributed by atoms with Crippen LogP contribution in [-0.2, 0) is 9.59 Å². The van der Waals surface area contributed by atoms with E-state index in [1.54, 1.807) is 0 Å². The van der Waals surface area contributed by atoms with Gasteiger partial charge >= 0.3 is 11.9 Å². The maximum Gasteiger partial charge on any atom is 0.324 e. The average molecular weight is 232 g/mol. The zero-order valence-corrected chi connectivity index (χ0v) is 8.70. The van der Waals surface area contributed by atoms with Crippen LogP contribution in [0.1, 0.15) is 0 Å². The molecule has 0 amide bonds. The van der Waals surface area contributed by atoms with Crippen molar-refractivity contribution in [3.63, 3.8) is 0 Å². The van der Waals surface area contributed by atoms with Crippen molar-refractivity contribution in [1.82, 2.24) is 0 Å². The molecule has 2 unspecified atom stereocenters. The molecule has 0 heterocycles. The summed E-state index contributed by atoms with van der Waals surface area (Å²) >= 11 is 7.82. The summed E-state index contributed by atoms with van der Waals surface area (Å²) in [6, 6.07) is 0. The summed E-state index contributed by atoms with van der Waals surface area (Å²) in [5, 5.41) is 17.7. The van der Waals surface area contributed by atoms with Gasteiger partial charge < -0.3 is 10.2 Å². The molecule has 1 aliphatic rings. The molecule has 0 saturated heterocycles. The van der Waals surface area contributed by atoms with Crippen molar-refractivity contribution >= 4 is 37.2 Å². The van der Waals surface area contributed by atoms with E-state index in [0.29, 0.717) is 4.91 Å². The van der Waals surface area contributed by atoms with Crippen LogP contribution in [0.3, 0.4) is 0 Å². The molecule has 0 aromatic rings. The Bertz CT molecular complexity index is 347. The molecular weight excluding hydrogens is 224 g/mol. The van der Waals surface area contributed by atoms with E-state index in [-0.39, 0.29) is 0 Å². The normalized spacial score (nSPS) is 31.0. The molecule has 0 radical (unpaired) electrons. The van der Waals surface area contributed by atoms with Crippen LogP contribution in [0.25, 0.3) is 0 Å². The third kappa shape index (κ3) is 1.80. The number of aliphatic carboxylic acids is 2. The predicted octanol–water partition coefficient (Wildman–Crippen LogP) is 0.824. The number of thiol groups is 2. The van der Waals surface area contributed by atoms with E-state index in [4.69, 9.17) is 10.2 Å². The number of rotatable bonds is 2. The molecule has 1 aliphatic carbocycles. The maximum atomic E-state index is 10.9. The van der Waals surface area contributed by atoms with Gasteiger partial charge in [-0.05, 0) is 0 Å². The Morgan fingerprint density at radius 1 is 1.43 bits per heavy atom. The number of carbonyl (C=O) groups is 2. The third-order valence-electron chi connectivity index (χ3n) is 1.93. The smallest absolute Gasteiger partial charge is 0.324 e. The first-order valence-corrected chi connectivity index (χ1v) is 4.56. The summed E-state index contributed by atoms with van der Waals surface area (Å²) in [6.45, 7) is 0. The third-order valence-corrected chi connectivity index (χ3v) is 2.85. The summed E-state index contributed by atoms with van der Waals surface area (Å²) in [5.41, 5.74) is 0. The molecule has 0 aromatic carbocycles. The van der Waals surface area contributed by atoms with E-state index in [9.17, 15) is 9.59 Å². The van der Waals surface area contributed by atoms with Crippen molar-refractivity contribution in [2.75, 3.05) is 0 Å². The quantitative estimate of drug-likeness (QED) is 0.532. The second-order valence-electron chi connectivity index (χ2n) is 2.87. The molecule has 2 N–H and O–H groups in total. The van der Waals surface area contributed by atoms with E-state index in [0.717, 1.165) is 0 Å². The molecule has 0 aromatic heterocycles. The lowest BCUT2D eigenvalue weighted by molar-refractivity contribution is -0.148. The Labute approximate surface area is 91.1 Å². The van der Waals surface area contributed by atoms with Crippen molar-refractivity contribution in [1.29, 1.82) is 0 Å². The zero-order valence-electron chi connectivity index (χ0n) is 6.91. The molecule has 0 spiro atoms. The molecular formula is C8H8O4S2. The number of carboxylic acids is 2. The number of carboxylic acid groups (broad SMARTS) is 2. The topological polar surface area (TPSA) is 74.6 Å². The number of allylic oxidation sites excluding steroid dienone is 1. The summed E-state index contributed by atoms with van der Waals surface area (Å²) in [4.78, 5) is 22.1. The van der Waals surface area contributed by atoms with Gasteiger partial charge in [-0.1, -0.05) is 18.2 Å². The average Bonchev–Trinajstić information content (AvgIpc) is 2.08. The highest BCUT2D eigenvalue weighted by molar-refractivity contribution is 7.85. The van der Waals surface area contributed by atoms with Gasteiger partial charge in [-0.3, -0.25) is 9.59 Å². The Balaban J connectivity index is 3.15. The van der Waals surface area contributed by atoms with Gasteiger partial charge in [-0.15, -0.1) is 12.6 Å². The van der Waals surface area contributed by atoms with Crippen LogP contribution < -0.4 is 0 Å². The highest BCUT2D eigenvalue weighted by Crippen LogP contribution is 2.34. The summed E-state index contributed by atoms with van der Waals surface area (Å²) in [5.74, 6) is -3.74. The van der Waals surface area contributed by atoms with E-state index < -0.39 is 22.6 Å². The largest absolute Gasteiger partial charge is 0.481 e. The van der Waals surface area contributed by atoms with Gasteiger partial charge in [0.05, 0.1) is 0 Å². The molecule has 4 nitrogen and oxygen atoms in total. The molecule has 0 bridgehead atoms. The molecule has 14 heavy (non-hydrogen) atoms. The first-order valence-electron chi connectivity index (χ1n) is 3.66. The van der Waals surface area contributed by atoms with Crippen LogP contribution in [-0.4, -0.2) is 26.9 Å². The van der Waals surface area contributed by atoms with Crippen molar-refractivity contribution in [2.45, 2.75) is 4.75 Å². The zero-order chi connectivity index (χ0) is 10.9. The fourth-order valence-electron chi connectivity index (χ4n) is 1.13. The second kappa shape index (κ2) is 3.70. The maximum absolute atomic E-state index is 10.9. The van der Waals surface area contributed by atoms with Gasteiger partial charge in [0.25, 0.3) is 0 Å². The van der Waals surface area contributed by atoms with Crippen molar-refractivity contribution < 1.29 is 19.8 Å². The van der Waals surface area contributed by atoms with E-state index >= 15 is 0 Å². The first kappa shape index (κ1) is 11.2. The van der Waals surface area contributed by atoms with Crippen molar-refractivity contribution in [2.24, 2.45) is 5.92 Å². The Kier molecular flexibility index (Phi) is 2.96. The van der Waals surface area contributed by atoms with Gasteiger partial charge in [0.2, 0.25) is 0 Å². The lowest BCUT2D eigenvalue weighted by Gasteiger charge is -2.27. The fourth-order valence-corrected chi connectivity index (χ4v) is 1.62. The van der Waals surface area contributed by atoms with Crippen LogP contribution >= 0.6 is 25.3 Å². The van der Waals surface area contributed by atoms with Gasteiger partial charge in [0, 0.05) is 4.91 Å². The minimum absolute atomic E-state index is 0.420. The lowest BCUT2D eigenvalue weighted by Crippen LogP contribution is -2.43. The van der Waals surface area contributed by atoms with Gasteiger partial charge in [0.15, 0.2) is 0 Å². The standard InChI is InChI=1S/C8H8O4S2/c9-6(10)5-3-4(13)1-2-8(5,14)7(11)12/h1-3,5,13-14H,(H,9,10)(H,11,12). The highest BCUT2D eigenvalue weighted by atomic mass is 32.1. The van der Waals surface area contributed by atoms with E-state index in [1.165, 1.54) is 18.2 Å². The second-order valence-corrected chi connectivity index (χ2v) is 4.13. The molecule has 2 atom stereocenters. The minimum Gasteiger partial charge on any atom is -0.481 e. The summed E-state index contributed by atoms with van der Waals surface area (Å²) < 4.78 is -1.70. The Morgan fingerprint density at radius 2 is 2.00 bits per heavy atom. The van der Waals surface area contributed by atoms with Crippen LogP contribution in [0.2, 0.25) is 0 Å². The SMILES string of the molecule is O=C(O)C1C=C(S)C=CC1(S)C(=O)O. The summed E-state index contributed by atoms with van der Waals surface area (Å²) in [6.07, 6.45) is 3.90. The molecule has 76 valence electrons.